The van der Waals surface area contributed by atoms with Gasteiger partial charge in [-0.3, -0.25) is 10.1 Å². The van der Waals surface area contributed by atoms with Gasteiger partial charge in [-0.15, -0.1) is 0 Å². The van der Waals surface area contributed by atoms with Crippen LogP contribution in [0.4, 0.5) is 5.69 Å². The van der Waals surface area contributed by atoms with Crippen molar-refractivity contribution in [3.05, 3.63) is 39.6 Å². The molecule has 2 rings (SSSR count). The molecule has 4 nitrogen and oxygen atoms in total. The van der Waals surface area contributed by atoms with Crippen LogP contribution in [0.5, 0.6) is 0 Å². The quantitative estimate of drug-likeness (QED) is 0.645. The standard InChI is InChI=1S/C13H16N2O2/c1-3-4-5-11-9(2)14-13-7-6-10(15(16)17)8-12(11)13/h6-8,14H,3-5H2,1-2H3. The Morgan fingerprint density at radius 1 is 1.41 bits per heavy atom. The van der Waals surface area contributed by atoms with Gasteiger partial charge in [-0.25, -0.2) is 0 Å². The van der Waals surface area contributed by atoms with Crippen LogP contribution in [-0.2, 0) is 6.42 Å². The van der Waals surface area contributed by atoms with Gasteiger partial charge in [0.25, 0.3) is 5.69 Å². The van der Waals surface area contributed by atoms with Crippen molar-refractivity contribution in [2.24, 2.45) is 0 Å². The van der Waals surface area contributed by atoms with Gasteiger partial charge in [-0.2, -0.15) is 0 Å². The highest BCUT2D eigenvalue weighted by molar-refractivity contribution is 5.86. The van der Waals surface area contributed by atoms with E-state index in [0.717, 1.165) is 35.9 Å². The number of aromatic amines is 1. The van der Waals surface area contributed by atoms with Crippen LogP contribution in [-0.4, -0.2) is 9.91 Å². The van der Waals surface area contributed by atoms with Crippen molar-refractivity contribution in [3.63, 3.8) is 0 Å². The molecular formula is C13H16N2O2. The Hall–Kier alpha value is -1.84. The topological polar surface area (TPSA) is 58.9 Å². The van der Waals surface area contributed by atoms with Gasteiger partial charge < -0.3 is 4.98 Å². The van der Waals surface area contributed by atoms with Gasteiger partial charge in [0.05, 0.1) is 4.92 Å². The van der Waals surface area contributed by atoms with Gasteiger partial charge in [0, 0.05) is 28.7 Å². The number of aryl methyl sites for hydroxylation is 2. The summed E-state index contributed by atoms with van der Waals surface area (Å²) in [5.41, 5.74) is 3.48. The second kappa shape index (κ2) is 4.57. The third-order valence-electron chi connectivity index (χ3n) is 3.09. The van der Waals surface area contributed by atoms with E-state index in [0.29, 0.717) is 0 Å². The summed E-state index contributed by atoms with van der Waals surface area (Å²) in [6, 6.07) is 5.00. The lowest BCUT2D eigenvalue weighted by Crippen LogP contribution is -1.89. The van der Waals surface area contributed by atoms with Gasteiger partial charge in [0.1, 0.15) is 0 Å². The van der Waals surface area contributed by atoms with E-state index in [1.165, 1.54) is 5.56 Å². The summed E-state index contributed by atoms with van der Waals surface area (Å²) in [7, 11) is 0. The summed E-state index contributed by atoms with van der Waals surface area (Å²) >= 11 is 0. The van der Waals surface area contributed by atoms with Crippen LogP contribution >= 0.6 is 0 Å². The summed E-state index contributed by atoms with van der Waals surface area (Å²) in [5.74, 6) is 0. The minimum atomic E-state index is -0.342. The van der Waals surface area contributed by atoms with Crippen molar-refractivity contribution in [1.82, 2.24) is 4.98 Å². The molecular weight excluding hydrogens is 216 g/mol. The monoisotopic (exact) mass is 232 g/mol. The third kappa shape index (κ3) is 2.16. The molecule has 90 valence electrons. The van der Waals surface area contributed by atoms with Crippen LogP contribution in [0.1, 0.15) is 31.0 Å². The Kier molecular flexibility index (Phi) is 3.13. The molecule has 1 aromatic heterocycles. The second-order valence-corrected chi connectivity index (χ2v) is 4.32. The molecule has 0 saturated carbocycles. The highest BCUT2D eigenvalue weighted by Gasteiger charge is 2.12. The lowest BCUT2D eigenvalue weighted by atomic mass is 10.0. The second-order valence-electron chi connectivity index (χ2n) is 4.32. The fourth-order valence-electron chi connectivity index (χ4n) is 2.16. The van der Waals surface area contributed by atoms with E-state index in [2.05, 4.69) is 11.9 Å². The fourth-order valence-corrected chi connectivity index (χ4v) is 2.16. The van der Waals surface area contributed by atoms with Crippen molar-refractivity contribution in [2.75, 3.05) is 0 Å². The van der Waals surface area contributed by atoms with Crippen molar-refractivity contribution in [3.8, 4) is 0 Å². The minimum absolute atomic E-state index is 0.161. The van der Waals surface area contributed by atoms with Gasteiger partial charge in [-0.1, -0.05) is 13.3 Å². The van der Waals surface area contributed by atoms with E-state index in [9.17, 15) is 10.1 Å². The zero-order valence-corrected chi connectivity index (χ0v) is 10.1. The zero-order chi connectivity index (χ0) is 12.4. The number of hydrogen-bond donors (Lipinski definition) is 1. The average Bonchev–Trinajstić information content (AvgIpc) is 2.61. The first-order chi connectivity index (χ1) is 8.13. The van der Waals surface area contributed by atoms with Crippen molar-refractivity contribution in [2.45, 2.75) is 33.1 Å². The number of H-pyrrole nitrogens is 1. The number of aromatic nitrogens is 1. The molecule has 17 heavy (non-hydrogen) atoms. The van der Waals surface area contributed by atoms with Gasteiger partial charge in [0.2, 0.25) is 0 Å². The number of unbranched alkanes of at least 4 members (excludes halogenated alkanes) is 1. The van der Waals surface area contributed by atoms with Crippen LogP contribution in [0.15, 0.2) is 18.2 Å². The van der Waals surface area contributed by atoms with Crippen LogP contribution in [0.3, 0.4) is 0 Å². The molecule has 0 radical (unpaired) electrons. The van der Waals surface area contributed by atoms with E-state index >= 15 is 0 Å². The van der Waals surface area contributed by atoms with E-state index in [4.69, 9.17) is 0 Å². The highest BCUT2D eigenvalue weighted by Crippen LogP contribution is 2.27. The molecule has 4 heteroatoms. The SMILES string of the molecule is CCCCc1c(C)[nH]c2ccc([N+](=O)[O-])cc12. The molecule has 0 amide bonds. The van der Waals surface area contributed by atoms with Crippen molar-refractivity contribution >= 4 is 16.6 Å². The fraction of sp³-hybridized carbons (Fsp3) is 0.385. The number of nitro groups is 1. The molecule has 1 heterocycles. The zero-order valence-electron chi connectivity index (χ0n) is 10.1. The Labute approximate surface area is 99.8 Å². The van der Waals surface area contributed by atoms with Crippen LogP contribution in [0.2, 0.25) is 0 Å². The minimum Gasteiger partial charge on any atom is -0.358 e. The maximum Gasteiger partial charge on any atom is 0.270 e. The molecule has 0 bridgehead atoms. The van der Waals surface area contributed by atoms with Crippen molar-refractivity contribution in [1.29, 1.82) is 0 Å². The molecule has 2 aromatic rings. The van der Waals surface area contributed by atoms with E-state index in [1.807, 2.05) is 6.92 Å². The first-order valence-corrected chi connectivity index (χ1v) is 5.89. The number of rotatable bonds is 4. The van der Waals surface area contributed by atoms with E-state index in [-0.39, 0.29) is 10.6 Å². The van der Waals surface area contributed by atoms with Crippen LogP contribution < -0.4 is 0 Å². The first-order valence-electron chi connectivity index (χ1n) is 5.89. The number of nitrogens with one attached hydrogen (secondary N) is 1. The summed E-state index contributed by atoms with van der Waals surface area (Å²) in [4.78, 5) is 13.7. The van der Waals surface area contributed by atoms with Gasteiger partial charge in [-0.05, 0) is 31.4 Å². The average molecular weight is 232 g/mol. The number of non-ortho nitro benzene ring substituents is 1. The Bertz CT molecular complexity index is 558. The Morgan fingerprint density at radius 2 is 2.18 bits per heavy atom. The molecule has 1 N–H and O–H groups in total. The van der Waals surface area contributed by atoms with Crippen LogP contribution in [0, 0.1) is 17.0 Å². The number of fused-ring (bicyclic) bond motifs is 1. The predicted molar refractivity (Wildman–Crippen MR) is 68.3 cm³/mol. The number of benzene rings is 1. The lowest BCUT2D eigenvalue weighted by molar-refractivity contribution is -0.384. The normalized spacial score (nSPS) is 10.9. The summed E-state index contributed by atoms with van der Waals surface area (Å²) in [6.07, 6.45) is 3.21. The molecule has 0 aliphatic carbocycles. The summed E-state index contributed by atoms with van der Waals surface area (Å²) in [6.45, 7) is 4.17. The summed E-state index contributed by atoms with van der Waals surface area (Å²) < 4.78 is 0. The predicted octanol–water partition coefficient (Wildman–Crippen LogP) is 3.73. The summed E-state index contributed by atoms with van der Waals surface area (Å²) in [5, 5.41) is 11.8. The molecule has 1 aromatic carbocycles. The smallest absolute Gasteiger partial charge is 0.270 e. The number of hydrogen-bond acceptors (Lipinski definition) is 2. The molecule has 0 fully saturated rings. The maximum absolute atomic E-state index is 10.8. The molecule has 0 atom stereocenters. The molecule has 0 spiro atoms. The molecule has 0 unspecified atom stereocenters. The maximum atomic E-state index is 10.8. The van der Waals surface area contributed by atoms with E-state index < -0.39 is 0 Å². The molecule has 0 saturated heterocycles. The number of nitro benzene ring substituents is 1. The van der Waals surface area contributed by atoms with E-state index in [1.54, 1.807) is 18.2 Å². The largest absolute Gasteiger partial charge is 0.358 e. The Balaban J connectivity index is 2.52. The van der Waals surface area contributed by atoms with Gasteiger partial charge in [0.15, 0.2) is 0 Å². The van der Waals surface area contributed by atoms with Crippen LogP contribution in [0.25, 0.3) is 10.9 Å². The molecule has 0 aliphatic heterocycles. The lowest BCUT2D eigenvalue weighted by Gasteiger charge is -1.99. The first kappa shape index (κ1) is 11.6. The Morgan fingerprint density at radius 3 is 2.82 bits per heavy atom. The highest BCUT2D eigenvalue weighted by atomic mass is 16.6. The van der Waals surface area contributed by atoms with Gasteiger partial charge >= 0.3 is 0 Å². The van der Waals surface area contributed by atoms with Crippen molar-refractivity contribution < 1.29 is 4.92 Å². The third-order valence-corrected chi connectivity index (χ3v) is 3.09. The molecule has 0 aliphatic rings. The number of nitrogens with zero attached hydrogens (tertiary/aromatic N) is 1.